The SMILES string of the molecule is COc1ccc(NCCCS)cc1C(C)C. The normalized spacial score (nSPS) is 10.6. The maximum absolute atomic E-state index is 5.35. The molecule has 0 spiro atoms. The van der Waals surface area contributed by atoms with Crippen LogP contribution in [-0.4, -0.2) is 19.4 Å². The van der Waals surface area contributed by atoms with Crippen LogP contribution in [0.2, 0.25) is 0 Å². The van der Waals surface area contributed by atoms with Crippen molar-refractivity contribution in [2.24, 2.45) is 0 Å². The molecule has 0 bridgehead atoms. The average molecular weight is 239 g/mol. The van der Waals surface area contributed by atoms with Gasteiger partial charge in [0.25, 0.3) is 0 Å². The number of thiol groups is 1. The van der Waals surface area contributed by atoms with Gasteiger partial charge in [-0.15, -0.1) is 0 Å². The summed E-state index contributed by atoms with van der Waals surface area (Å²) in [5, 5.41) is 3.39. The van der Waals surface area contributed by atoms with Gasteiger partial charge < -0.3 is 10.1 Å². The fourth-order valence-corrected chi connectivity index (χ4v) is 1.77. The van der Waals surface area contributed by atoms with Crippen molar-refractivity contribution in [1.82, 2.24) is 0 Å². The third-order valence-corrected chi connectivity index (χ3v) is 2.83. The minimum atomic E-state index is 0.474. The summed E-state index contributed by atoms with van der Waals surface area (Å²) < 4.78 is 5.35. The zero-order valence-electron chi connectivity index (χ0n) is 10.3. The summed E-state index contributed by atoms with van der Waals surface area (Å²) in [6.07, 6.45) is 1.08. The van der Waals surface area contributed by atoms with Gasteiger partial charge in [0.05, 0.1) is 7.11 Å². The first-order valence-electron chi connectivity index (χ1n) is 5.71. The van der Waals surface area contributed by atoms with Crippen LogP contribution in [0, 0.1) is 0 Å². The molecular weight excluding hydrogens is 218 g/mol. The van der Waals surface area contributed by atoms with Gasteiger partial charge in [-0.2, -0.15) is 12.6 Å². The first kappa shape index (κ1) is 13.2. The van der Waals surface area contributed by atoms with E-state index in [0.717, 1.165) is 30.2 Å². The molecule has 2 nitrogen and oxygen atoms in total. The Labute approximate surface area is 104 Å². The molecule has 0 saturated carbocycles. The van der Waals surface area contributed by atoms with E-state index in [1.165, 1.54) is 5.56 Å². The minimum absolute atomic E-state index is 0.474. The highest BCUT2D eigenvalue weighted by atomic mass is 32.1. The van der Waals surface area contributed by atoms with Gasteiger partial charge in [-0.1, -0.05) is 13.8 Å². The first-order valence-corrected chi connectivity index (χ1v) is 6.35. The van der Waals surface area contributed by atoms with Crippen molar-refractivity contribution in [3.05, 3.63) is 23.8 Å². The van der Waals surface area contributed by atoms with E-state index in [0.29, 0.717) is 5.92 Å². The van der Waals surface area contributed by atoms with Crippen LogP contribution >= 0.6 is 12.6 Å². The van der Waals surface area contributed by atoms with Crippen molar-refractivity contribution >= 4 is 18.3 Å². The standard InChI is InChI=1S/C13H21NOS/c1-10(2)12-9-11(14-7-4-8-16)5-6-13(12)15-3/h5-6,9-10,14,16H,4,7-8H2,1-3H3. The molecule has 3 heteroatoms. The molecule has 0 radical (unpaired) electrons. The van der Waals surface area contributed by atoms with Crippen molar-refractivity contribution in [3.8, 4) is 5.75 Å². The molecular formula is C13H21NOS. The second-order valence-corrected chi connectivity index (χ2v) is 4.56. The maximum Gasteiger partial charge on any atom is 0.122 e. The number of hydrogen-bond acceptors (Lipinski definition) is 3. The van der Waals surface area contributed by atoms with Crippen molar-refractivity contribution in [2.45, 2.75) is 26.2 Å². The Morgan fingerprint density at radius 2 is 2.12 bits per heavy atom. The van der Waals surface area contributed by atoms with Gasteiger partial charge in [-0.05, 0) is 41.9 Å². The van der Waals surface area contributed by atoms with Crippen LogP contribution < -0.4 is 10.1 Å². The van der Waals surface area contributed by atoms with Crippen molar-refractivity contribution < 1.29 is 4.74 Å². The zero-order valence-corrected chi connectivity index (χ0v) is 11.2. The Bertz CT molecular complexity index is 326. The van der Waals surface area contributed by atoms with E-state index in [9.17, 15) is 0 Å². The highest BCUT2D eigenvalue weighted by Gasteiger charge is 2.07. The summed E-state index contributed by atoms with van der Waals surface area (Å²) in [5.41, 5.74) is 2.41. The van der Waals surface area contributed by atoms with Crippen LogP contribution in [0.1, 0.15) is 31.7 Å². The van der Waals surface area contributed by atoms with E-state index >= 15 is 0 Å². The van der Waals surface area contributed by atoms with Crippen molar-refractivity contribution in [2.75, 3.05) is 24.7 Å². The molecule has 0 atom stereocenters. The summed E-state index contributed by atoms with van der Waals surface area (Å²) in [4.78, 5) is 0. The summed E-state index contributed by atoms with van der Waals surface area (Å²) in [6, 6.07) is 6.25. The Morgan fingerprint density at radius 1 is 1.38 bits per heavy atom. The zero-order chi connectivity index (χ0) is 12.0. The third-order valence-electron chi connectivity index (χ3n) is 2.52. The Balaban J connectivity index is 2.77. The van der Waals surface area contributed by atoms with Gasteiger partial charge >= 0.3 is 0 Å². The predicted molar refractivity (Wildman–Crippen MR) is 74.0 cm³/mol. The fraction of sp³-hybridized carbons (Fsp3) is 0.538. The van der Waals surface area contributed by atoms with Crippen LogP contribution in [0.25, 0.3) is 0 Å². The van der Waals surface area contributed by atoms with E-state index in [1.807, 2.05) is 6.07 Å². The van der Waals surface area contributed by atoms with Gasteiger partial charge in [0.1, 0.15) is 5.75 Å². The number of benzene rings is 1. The smallest absolute Gasteiger partial charge is 0.122 e. The monoisotopic (exact) mass is 239 g/mol. The molecule has 0 aliphatic heterocycles. The number of anilines is 1. The van der Waals surface area contributed by atoms with Crippen LogP contribution in [0.3, 0.4) is 0 Å². The van der Waals surface area contributed by atoms with Gasteiger partial charge in [0.15, 0.2) is 0 Å². The van der Waals surface area contributed by atoms with Crippen molar-refractivity contribution in [3.63, 3.8) is 0 Å². The van der Waals surface area contributed by atoms with E-state index in [4.69, 9.17) is 4.74 Å². The largest absolute Gasteiger partial charge is 0.496 e. The second-order valence-electron chi connectivity index (χ2n) is 4.12. The molecule has 90 valence electrons. The lowest BCUT2D eigenvalue weighted by Crippen LogP contribution is -2.03. The summed E-state index contributed by atoms with van der Waals surface area (Å²) in [6.45, 7) is 5.32. The van der Waals surface area contributed by atoms with Crippen LogP contribution in [-0.2, 0) is 0 Å². The maximum atomic E-state index is 5.35. The number of hydrogen-bond donors (Lipinski definition) is 2. The lowest BCUT2D eigenvalue weighted by Gasteiger charge is -2.14. The molecule has 0 unspecified atom stereocenters. The number of ether oxygens (including phenoxy) is 1. The number of nitrogens with one attached hydrogen (secondary N) is 1. The molecule has 0 amide bonds. The molecule has 1 aromatic carbocycles. The van der Waals surface area contributed by atoms with Crippen LogP contribution in [0.15, 0.2) is 18.2 Å². The van der Waals surface area contributed by atoms with E-state index < -0.39 is 0 Å². The van der Waals surface area contributed by atoms with Crippen LogP contribution in [0.4, 0.5) is 5.69 Å². The highest BCUT2D eigenvalue weighted by Crippen LogP contribution is 2.29. The molecule has 0 aromatic heterocycles. The minimum Gasteiger partial charge on any atom is -0.496 e. The Kier molecular flexibility index (Phi) is 5.53. The molecule has 0 heterocycles. The summed E-state index contributed by atoms with van der Waals surface area (Å²) >= 11 is 4.19. The molecule has 0 aliphatic rings. The lowest BCUT2D eigenvalue weighted by molar-refractivity contribution is 0.407. The molecule has 0 aliphatic carbocycles. The van der Waals surface area contributed by atoms with E-state index in [1.54, 1.807) is 7.11 Å². The number of methoxy groups -OCH3 is 1. The predicted octanol–water partition coefficient (Wildman–Crippen LogP) is 3.55. The molecule has 0 fully saturated rings. The van der Waals surface area contributed by atoms with Crippen LogP contribution in [0.5, 0.6) is 5.75 Å². The van der Waals surface area contributed by atoms with Gasteiger partial charge in [0.2, 0.25) is 0 Å². The van der Waals surface area contributed by atoms with Gasteiger partial charge in [0, 0.05) is 12.2 Å². The summed E-state index contributed by atoms with van der Waals surface area (Å²) in [7, 11) is 1.72. The second kappa shape index (κ2) is 6.69. The van der Waals surface area contributed by atoms with E-state index in [-0.39, 0.29) is 0 Å². The quantitative estimate of drug-likeness (QED) is 0.585. The first-order chi connectivity index (χ1) is 7.69. The fourth-order valence-electron chi connectivity index (χ4n) is 1.61. The highest BCUT2D eigenvalue weighted by molar-refractivity contribution is 7.80. The third kappa shape index (κ3) is 3.63. The molecule has 1 aromatic rings. The Morgan fingerprint density at radius 3 is 2.69 bits per heavy atom. The van der Waals surface area contributed by atoms with E-state index in [2.05, 4.69) is 43.9 Å². The van der Waals surface area contributed by atoms with Gasteiger partial charge in [-0.25, -0.2) is 0 Å². The summed E-state index contributed by atoms with van der Waals surface area (Å²) in [5.74, 6) is 2.36. The average Bonchev–Trinajstić information content (AvgIpc) is 2.29. The van der Waals surface area contributed by atoms with Crippen molar-refractivity contribution in [1.29, 1.82) is 0 Å². The molecule has 0 saturated heterocycles. The Hall–Kier alpha value is -0.830. The number of rotatable bonds is 6. The van der Waals surface area contributed by atoms with Gasteiger partial charge in [-0.3, -0.25) is 0 Å². The topological polar surface area (TPSA) is 21.3 Å². The molecule has 1 N–H and O–H groups in total. The lowest BCUT2D eigenvalue weighted by atomic mass is 10.0. The molecule has 16 heavy (non-hydrogen) atoms. The molecule has 1 rings (SSSR count).